The fourth-order valence-corrected chi connectivity index (χ4v) is 3.24. The molecule has 0 spiro atoms. The SMILES string of the molecule is COc1c(C(=O)NC2CC2)ccc2[nH]nc(-c3cc4ccccc4o3)c12. The Balaban J connectivity index is 1.69. The number of aromatic amines is 1. The molecule has 26 heavy (non-hydrogen) atoms. The molecule has 0 aliphatic heterocycles. The smallest absolute Gasteiger partial charge is 0.255 e. The summed E-state index contributed by atoms with van der Waals surface area (Å²) in [4.78, 5) is 12.6. The van der Waals surface area contributed by atoms with Crippen LogP contribution in [-0.4, -0.2) is 29.3 Å². The van der Waals surface area contributed by atoms with Crippen LogP contribution >= 0.6 is 0 Å². The maximum Gasteiger partial charge on any atom is 0.255 e. The van der Waals surface area contributed by atoms with E-state index < -0.39 is 0 Å². The van der Waals surface area contributed by atoms with Gasteiger partial charge in [0.1, 0.15) is 17.0 Å². The van der Waals surface area contributed by atoms with Crippen LogP contribution in [0, 0.1) is 0 Å². The average molecular weight is 347 g/mol. The molecule has 6 heteroatoms. The minimum atomic E-state index is -0.122. The molecule has 0 saturated heterocycles. The van der Waals surface area contributed by atoms with E-state index in [2.05, 4.69) is 15.5 Å². The van der Waals surface area contributed by atoms with Crippen molar-refractivity contribution in [1.29, 1.82) is 0 Å². The van der Waals surface area contributed by atoms with Crippen LogP contribution in [0.1, 0.15) is 23.2 Å². The molecule has 0 bridgehead atoms. The lowest BCUT2D eigenvalue weighted by Crippen LogP contribution is -2.25. The molecule has 1 saturated carbocycles. The molecule has 0 atom stereocenters. The van der Waals surface area contributed by atoms with Gasteiger partial charge in [0.15, 0.2) is 5.76 Å². The Kier molecular flexibility index (Phi) is 3.25. The highest BCUT2D eigenvalue weighted by Crippen LogP contribution is 2.38. The highest BCUT2D eigenvalue weighted by Gasteiger charge is 2.27. The molecule has 2 aromatic heterocycles. The van der Waals surface area contributed by atoms with Crippen LogP contribution in [-0.2, 0) is 0 Å². The van der Waals surface area contributed by atoms with Crippen molar-refractivity contribution in [1.82, 2.24) is 15.5 Å². The average Bonchev–Trinajstić information content (AvgIpc) is 3.20. The van der Waals surface area contributed by atoms with Crippen LogP contribution < -0.4 is 10.1 Å². The summed E-state index contributed by atoms with van der Waals surface area (Å²) in [5.41, 5.74) is 2.72. The number of hydrogen-bond donors (Lipinski definition) is 2. The number of benzene rings is 2. The van der Waals surface area contributed by atoms with E-state index in [9.17, 15) is 4.79 Å². The Labute approximate surface area is 149 Å². The number of H-pyrrole nitrogens is 1. The van der Waals surface area contributed by atoms with Gasteiger partial charge in [-0.15, -0.1) is 0 Å². The minimum Gasteiger partial charge on any atom is -0.495 e. The number of nitrogens with zero attached hydrogens (tertiary/aromatic N) is 1. The van der Waals surface area contributed by atoms with Gasteiger partial charge in [0.2, 0.25) is 0 Å². The Bertz CT molecular complexity index is 1100. The first-order valence-corrected chi connectivity index (χ1v) is 8.59. The summed E-state index contributed by atoms with van der Waals surface area (Å²) in [6.45, 7) is 0. The van der Waals surface area contributed by atoms with Crippen LogP contribution in [0.15, 0.2) is 46.9 Å². The molecular weight excluding hydrogens is 330 g/mol. The Hall–Kier alpha value is -3.28. The van der Waals surface area contributed by atoms with Crippen molar-refractivity contribution in [2.24, 2.45) is 0 Å². The standard InChI is InChI=1S/C20H17N3O3/c1-25-19-13(20(24)21-12-6-7-12)8-9-14-17(19)18(23-22-14)16-10-11-4-2-3-5-15(11)26-16/h2-5,8-10,12H,6-7H2,1H3,(H,21,24)(H,22,23). The molecule has 0 radical (unpaired) electrons. The zero-order valence-corrected chi connectivity index (χ0v) is 14.2. The summed E-state index contributed by atoms with van der Waals surface area (Å²) in [7, 11) is 1.57. The van der Waals surface area contributed by atoms with E-state index in [0.29, 0.717) is 22.8 Å². The molecule has 2 heterocycles. The summed E-state index contributed by atoms with van der Waals surface area (Å²) >= 11 is 0. The number of aromatic nitrogens is 2. The van der Waals surface area contributed by atoms with E-state index in [1.54, 1.807) is 13.2 Å². The first kappa shape index (κ1) is 15.0. The molecule has 1 amide bonds. The third-order valence-corrected chi connectivity index (χ3v) is 4.70. The van der Waals surface area contributed by atoms with Crippen molar-refractivity contribution in [3.05, 3.63) is 48.0 Å². The summed E-state index contributed by atoms with van der Waals surface area (Å²) in [6.07, 6.45) is 2.07. The fraction of sp³-hybridized carbons (Fsp3) is 0.200. The highest BCUT2D eigenvalue weighted by atomic mass is 16.5. The topological polar surface area (TPSA) is 80.1 Å². The van der Waals surface area contributed by atoms with Crippen LogP contribution in [0.5, 0.6) is 5.75 Å². The monoisotopic (exact) mass is 347 g/mol. The van der Waals surface area contributed by atoms with Gasteiger partial charge >= 0.3 is 0 Å². The molecule has 4 aromatic rings. The van der Waals surface area contributed by atoms with E-state index >= 15 is 0 Å². The second-order valence-electron chi connectivity index (χ2n) is 6.54. The van der Waals surface area contributed by atoms with Gasteiger partial charge in [-0.25, -0.2) is 0 Å². The third-order valence-electron chi connectivity index (χ3n) is 4.70. The molecular formula is C20H17N3O3. The van der Waals surface area contributed by atoms with Gasteiger partial charge in [-0.2, -0.15) is 5.10 Å². The number of hydrogen-bond acceptors (Lipinski definition) is 4. The largest absolute Gasteiger partial charge is 0.495 e. The van der Waals surface area contributed by atoms with Crippen molar-refractivity contribution in [3.8, 4) is 17.2 Å². The molecule has 6 nitrogen and oxygen atoms in total. The fourth-order valence-electron chi connectivity index (χ4n) is 3.24. The lowest BCUT2D eigenvalue weighted by atomic mass is 10.1. The number of carbonyl (C=O) groups is 1. The number of rotatable bonds is 4. The van der Waals surface area contributed by atoms with E-state index in [1.807, 2.05) is 36.4 Å². The lowest BCUT2D eigenvalue weighted by molar-refractivity contribution is 0.0948. The quantitative estimate of drug-likeness (QED) is 0.587. The summed E-state index contributed by atoms with van der Waals surface area (Å²) in [6, 6.07) is 13.6. The van der Waals surface area contributed by atoms with Crippen molar-refractivity contribution < 1.29 is 13.9 Å². The number of para-hydroxylation sites is 1. The van der Waals surface area contributed by atoms with Crippen molar-refractivity contribution in [2.75, 3.05) is 7.11 Å². The molecule has 1 aliphatic carbocycles. The molecule has 2 aromatic carbocycles. The number of carbonyl (C=O) groups excluding carboxylic acids is 1. The second kappa shape index (κ2) is 5.62. The van der Waals surface area contributed by atoms with E-state index in [-0.39, 0.29) is 11.9 Å². The summed E-state index contributed by atoms with van der Waals surface area (Å²) in [5, 5.41) is 12.2. The second-order valence-corrected chi connectivity index (χ2v) is 6.54. The van der Waals surface area contributed by atoms with Gasteiger partial charge < -0.3 is 14.5 Å². The molecule has 130 valence electrons. The molecule has 0 unspecified atom stereocenters. The Morgan fingerprint density at radius 1 is 1.27 bits per heavy atom. The first-order valence-electron chi connectivity index (χ1n) is 8.59. The van der Waals surface area contributed by atoms with Crippen LogP contribution in [0.3, 0.4) is 0 Å². The Morgan fingerprint density at radius 2 is 2.12 bits per heavy atom. The van der Waals surface area contributed by atoms with Gasteiger partial charge in [0, 0.05) is 11.4 Å². The number of methoxy groups -OCH3 is 1. The van der Waals surface area contributed by atoms with Gasteiger partial charge in [-0.3, -0.25) is 9.89 Å². The predicted molar refractivity (Wildman–Crippen MR) is 98.3 cm³/mol. The van der Waals surface area contributed by atoms with Crippen LogP contribution in [0.25, 0.3) is 33.3 Å². The number of amides is 1. The van der Waals surface area contributed by atoms with E-state index in [1.165, 1.54) is 0 Å². The van der Waals surface area contributed by atoms with E-state index in [0.717, 1.165) is 34.7 Å². The van der Waals surface area contributed by atoms with Crippen LogP contribution in [0.2, 0.25) is 0 Å². The lowest BCUT2D eigenvalue weighted by Gasteiger charge is -2.10. The number of fused-ring (bicyclic) bond motifs is 2. The van der Waals surface area contributed by atoms with Crippen LogP contribution in [0.4, 0.5) is 0 Å². The first-order chi connectivity index (χ1) is 12.7. The molecule has 5 rings (SSSR count). The maximum atomic E-state index is 12.6. The van der Waals surface area contributed by atoms with Gasteiger partial charge in [0.05, 0.1) is 23.6 Å². The predicted octanol–water partition coefficient (Wildman–Crippen LogP) is 3.88. The summed E-state index contributed by atoms with van der Waals surface area (Å²) in [5.74, 6) is 1.02. The van der Waals surface area contributed by atoms with E-state index in [4.69, 9.17) is 9.15 Å². The number of nitrogens with one attached hydrogen (secondary N) is 2. The highest BCUT2D eigenvalue weighted by molar-refractivity contribution is 6.07. The maximum absolute atomic E-state index is 12.6. The molecule has 1 aliphatic rings. The number of ether oxygens (including phenoxy) is 1. The van der Waals surface area contributed by atoms with Gasteiger partial charge in [0.25, 0.3) is 5.91 Å². The molecule has 2 N–H and O–H groups in total. The molecule has 1 fully saturated rings. The Morgan fingerprint density at radius 3 is 2.88 bits per heavy atom. The zero-order valence-electron chi connectivity index (χ0n) is 14.2. The van der Waals surface area contributed by atoms with Gasteiger partial charge in [-0.05, 0) is 37.1 Å². The minimum absolute atomic E-state index is 0.122. The number of furan rings is 1. The normalized spacial score (nSPS) is 14.0. The summed E-state index contributed by atoms with van der Waals surface area (Å²) < 4.78 is 11.6. The third kappa shape index (κ3) is 2.34. The van der Waals surface area contributed by atoms with Gasteiger partial charge in [-0.1, -0.05) is 18.2 Å². The zero-order chi connectivity index (χ0) is 17.7. The van der Waals surface area contributed by atoms with Crippen molar-refractivity contribution in [3.63, 3.8) is 0 Å². The van der Waals surface area contributed by atoms with Crippen molar-refractivity contribution in [2.45, 2.75) is 18.9 Å². The van der Waals surface area contributed by atoms with Crippen molar-refractivity contribution >= 4 is 27.8 Å².